The summed E-state index contributed by atoms with van der Waals surface area (Å²) in [6, 6.07) is 19.2. The second-order valence-electron chi connectivity index (χ2n) is 6.56. The maximum absolute atomic E-state index is 5.61. The summed E-state index contributed by atoms with van der Waals surface area (Å²) in [6.45, 7) is 3.83. The molecule has 0 unspecified atom stereocenters. The van der Waals surface area contributed by atoms with Gasteiger partial charge in [-0.15, -0.1) is 0 Å². The minimum atomic E-state index is 0. The van der Waals surface area contributed by atoms with Crippen LogP contribution in [0, 0.1) is 0 Å². The van der Waals surface area contributed by atoms with Crippen molar-refractivity contribution in [2.45, 2.75) is 39.2 Å². The normalized spacial score (nSPS) is 13.4. The molecule has 0 radical (unpaired) electrons. The van der Waals surface area contributed by atoms with E-state index in [1.54, 1.807) is 0 Å². The fourth-order valence-electron chi connectivity index (χ4n) is 3.70. The first-order valence-corrected chi connectivity index (χ1v) is 9.29. The lowest BCUT2D eigenvalue weighted by molar-refractivity contribution is -0.702. The highest BCUT2D eigenvalue weighted by Crippen LogP contribution is 2.27. The Hall–Kier alpha value is -2.26. The minimum Gasteiger partial charge on any atom is -1.00 e. The zero-order valence-corrected chi connectivity index (χ0v) is 16.0. The van der Waals surface area contributed by atoms with Crippen LogP contribution in [0.3, 0.4) is 0 Å². The van der Waals surface area contributed by atoms with Gasteiger partial charge in [0.2, 0.25) is 0 Å². The van der Waals surface area contributed by atoms with Gasteiger partial charge in [-0.2, -0.15) is 4.57 Å². The van der Waals surface area contributed by atoms with Crippen molar-refractivity contribution in [1.82, 2.24) is 4.57 Å². The van der Waals surface area contributed by atoms with E-state index in [9.17, 15) is 0 Å². The molecule has 3 nitrogen and oxygen atoms in total. The van der Waals surface area contributed by atoms with Crippen LogP contribution >= 0.6 is 0 Å². The Kier molecular flexibility index (Phi) is 6.00. The minimum absolute atomic E-state index is 0. The van der Waals surface area contributed by atoms with Crippen LogP contribution in [-0.4, -0.2) is 11.2 Å². The number of hydrogen-bond acceptors (Lipinski definition) is 1. The number of aromatic nitrogens is 2. The van der Waals surface area contributed by atoms with Gasteiger partial charge in [0.1, 0.15) is 17.6 Å². The van der Waals surface area contributed by atoms with Crippen LogP contribution in [0.5, 0.6) is 5.75 Å². The molecule has 0 saturated carbocycles. The summed E-state index contributed by atoms with van der Waals surface area (Å²) in [7, 11) is 0. The fraction of sp³-hybridized carbons (Fsp3) is 0.318. The Balaban J connectivity index is 0.00000196. The molecule has 1 aromatic heterocycles. The summed E-state index contributed by atoms with van der Waals surface area (Å²) in [5.74, 6) is 2.33. The smallest absolute Gasteiger partial charge is 0.262 e. The standard InChI is InChI=1S/C22H25N2O.ClH/c1-2-25-20-14-12-19(13-15-20)24-21(18-9-5-3-6-10-18)17-23-16-8-4-7-11-22(23)24;/h3,5-6,9-10,12-15,17H,2,4,7-8,11,16H2,1H3;1H/q+1;/p-1. The van der Waals surface area contributed by atoms with Crippen LogP contribution in [0.15, 0.2) is 60.8 Å². The summed E-state index contributed by atoms with van der Waals surface area (Å²) in [5.41, 5.74) is 3.73. The first kappa shape index (κ1) is 18.5. The van der Waals surface area contributed by atoms with Gasteiger partial charge >= 0.3 is 0 Å². The van der Waals surface area contributed by atoms with Gasteiger partial charge in [0.25, 0.3) is 5.82 Å². The van der Waals surface area contributed by atoms with Crippen LogP contribution in [0.1, 0.15) is 32.0 Å². The molecule has 2 aromatic carbocycles. The number of rotatable bonds is 4. The van der Waals surface area contributed by atoms with Gasteiger partial charge in [0.05, 0.1) is 13.2 Å². The lowest BCUT2D eigenvalue weighted by atomic mass is 10.1. The van der Waals surface area contributed by atoms with E-state index >= 15 is 0 Å². The van der Waals surface area contributed by atoms with Gasteiger partial charge in [-0.1, -0.05) is 30.3 Å². The van der Waals surface area contributed by atoms with Crippen LogP contribution in [0.4, 0.5) is 0 Å². The van der Waals surface area contributed by atoms with Crippen molar-refractivity contribution in [3.05, 3.63) is 66.6 Å². The Labute approximate surface area is 161 Å². The zero-order chi connectivity index (χ0) is 17.1. The molecule has 1 aliphatic rings. The van der Waals surface area contributed by atoms with Gasteiger partial charge in [-0.05, 0) is 50.5 Å². The van der Waals surface area contributed by atoms with E-state index in [1.807, 2.05) is 6.92 Å². The summed E-state index contributed by atoms with van der Waals surface area (Å²) in [5, 5.41) is 0. The van der Waals surface area contributed by atoms with Crippen molar-refractivity contribution in [3.63, 3.8) is 0 Å². The summed E-state index contributed by atoms with van der Waals surface area (Å²) in [6.07, 6.45) is 7.28. The molecule has 4 heteroatoms. The molecule has 0 amide bonds. The van der Waals surface area contributed by atoms with Gasteiger partial charge < -0.3 is 17.1 Å². The van der Waals surface area contributed by atoms with E-state index < -0.39 is 0 Å². The van der Waals surface area contributed by atoms with Crippen LogP contribution in [-0.2, 0) is 13.0 Å². The van der Waals surface area contributed by atoms with Crippen LogP contribution < -0.4 is 21.7 Å². The Morgan fingerprint density at radius 3 is 2.46 bits per heavy atom. The molecule has 3 aromatic rings. The number of halogens is 1. The zero-order valence-electron chi connectivity index (χ0n) is 15.2. The first-order valence-electron chi connectivity index (χ1n) is 9.29. The molecule has 2 heterocycles. The second-order valence-corrected chi connectivity index (χ2v) is 6.56. The number of aryl methyl sites for hydroxylation is 1. The molecule has 0 N–H and O–H groups in total. The molecule has 4 rings (SSSR count). The molecule has 0 aliphatic carbocycles. The first-order chi connectivity index (χ1) is 12.4. The number of fused-ring (bicyclic) bond motifs is 1. The van der Waals surface area contributed by atoms with Crippen LogP contribution in [0.2, 0.25) is 0 Å². The van der Waals surface area contributed by atoms with E-state index in [1.165, 1.54) is 42.0 Å². The maximum Gasteiger partial charge on any atom is 0.262 e. The molecular formula is C22H25ClN2O. The predicted molar refractivity (Wildman–Crippen MR) is 100 cm³/mol. The van der Waals surface area contributed by atoms with E-state index in [-0.39, 0.29) is 12.4 Å². The summed E-state index contributed by atoms with van der Waals surface area (Å²) >= 11 is 0. The van der Waals surface area contributed by atoms with E-state index in [0.717, 1.165) is 18.7 Å². The maximum atomic E-state index is 5.61. The third-order valence-corrected chi connectivity index (χ3v) is 4.88. The monoisotopic (exact) mass is 368 g/mol. The quantitative estimate of drug-likeness (QED) is 0.639. The van der Waals surface area contributed by atoms with Crippen molar-refractivity contribution in [3.8, 4) is 22.7 Å². The largest absolute Gasteiger partial charge is 1.00 e. The molecule has 0 bridgehead atoms. The van der Waals surface area contributed by atoms with Gasteiger partial charge in [-0.25, -0.2) is 4.57 Å². The number of hydrogen-bond donors (Lipinski definition) is 0. The van der Waals surface area contributed by atoms with Crippen LogP contribution in [0.25, 0.3) is 16.9 Å². The highest BCUT2D eigenvalue weighted by molar-refractivity contribution is 5.61. The van der Waals surface area contributed by atoms with E-state index in [0.29, 0.717) is 6.61 Å². The molecule has 136 valence electrons. The van der Waals surface area contributed by atoms with Crippen molar-refractivity contribution in [2.75, 3.05) is 6.61 Å². The topological polar surface area (TPSA) is 18.0 Å². The lowest BCUT2D eigenvalue weighted by Crippen LogP contribution is -3.00. The lowest BCUT2D eigenvalue weighted by Gasteiger charge is -2.07. The van der Waals surface area contributed by atoms with Gasteiger partial charge in [0.15, 0.2) is 5.69 Å². The van der Waals surface area contributed by atoms with Crippen molar-refractivity contribution in [1.29, 1.82) is 0 Å². The summed E-state index contributed by atoms with van der Waals surface area (Å²) < 4.78 is 10.5. The SMILES string of the molecule is CCOc1ccc(-n2c(-c3ccccc3)c[n+]3c2CCCCC3)cc1.[Cl-]. The average molecular weight is 369 g/mol. The highest BCUT2D eigenvalue weighted by atomic mass is 35.5. The molecule has 0 fully saturated rings. The Morgan fingerprint density at radius 1 is 0.962 bits per heavy atom. The number of nitrogens with zero attached hydrogens (tertiary/aromatic N) is 2. The van der Waals surface area contributed by atoms with Gasteiger partial charge in [0, 0.05) is 12.0 Å². The highest BCUT2D eigenvalue weighted by Gasteiger charge is 2.26. The van der Waals surface area contributed by atoms with Crippen molar-refractivity contribution >= 4 is 0 Å². The summed E-state index contributed by atoms with van der Waals surface area (Å²) in [4.78, 5) is 0. The average Bonchev–Trinajstić information content (AvgIpc) is 2.86. The second kappa shape index (κ2) is 8.41. The number of benzene rings is 2. The molecule has 26 heavy (non-hydrogen) atoms. The number of ether oxygens (including phenoxy) is 1. The predicted octanol–water partition coefficient (Wildman–Crippen LogP) is 1.56. The van der Waals surface area contributed by atoms with Gasteiger partial charge in [-0.3, -0.25) is 0 Å². The third-order valence-electron chi connectivity index (χ3n) is 4.88. The number of imidazole rings is 1. The molecule has 1 aliphatic heterocycles. The fourth-order valence-corrected chi connectivity index (χ4v) is 3.70. The molecule has 0 atom stereocenters. The molecule has 0 spiro atoms. The van der Waals surface area contributed by atoms with E-state index in [4.69, 9.17) is 4.74 Å². The molecular weight excluding hydrogens is 344 g/mol. The third kappa shape index (κ3) is 3.63. The molecule has 0 saturated heterocycles. The van der Waals surface area contributed by atoms with Crippen molar-refractivity contribution < 1.29 is 21.7 Å². The van der Waals surface area contributed by atoms with E-state index in [2.05, 4.69) is 69.9 Å². The Morgan fingerprint density at radius 2 is 1.73 bits per heavy atom. The van der Waals surface area contributed by atoms with Crippen molar-refractivity contribution in [2.24, 2.45) is 0 Å². The Bertz CT molecular complexity index is 841.